The molecule has 1 amide bonds. The third-order valence-electron chi connectivity index (χ3n) is 10.9. The van der Waals surface area contributed by atoms with Crippen molar-refractivity contribution in [1.82, 2.24) is 9.97 Å². The van der Waals surface area contributed by atoms with Crippen molar-refractivity contribution >= 4 is 23.6 Å². The maximum atomic E-state index is 12.9. The first kappa shape index (κ1) is 34.7. The number of aromatic nitrogens is 2. The molecule has 5 atom stereocenters. The predicted molar refractivity (Wildman–Crippen MR) is 201 cm³/mol. The van der Waals surface area contributed by atoms with Crippen LogP contribution in [0.3, 0.4) is 0 Å². The van der Waals surface area contributed by atoms with E-state index in [0.717, 1.165) is 46.7 Å². The highest BCUT2D eigenvalue weighted by Crippen LogP contribution is 2.59. The number of aliphatic hydroxyl groups excluding tert-OH is 1. The van der Waals surface area contributed by atoms with E-state index in [-0.39, 0.29) is 24.3 Å². The van der Waals surface area contributed by atoms with Crippen LogP contribution >= 0.6 is 0 Å². The zero-order chi connectivity index (χ0) is 36.4. The molecule has 1 saturated heterocycles. The van der Waals surface area contributed by atoms with Gasteiger partial charge in [-0.1, -0.05) is 72.8 Å². The first-order valence-electron chi connectivity index (χ1n) is 18.0. The van der Waals surface area contributed by atoms with E-state index in [1.54, 1.807) is 26.4 Å². The van der Waals surface area contributed by atoms with Crippen molar-refractivity contribution in [3.05, 3.63) is 143 Å². The second kappa shape index (κ2) is 14.5. The van der Waals surface area contributed by atoms with Crippen molar-refractivity contribution < 1.29 is 28.8 Å². The number of carbonyl (C=O) groups is 1. The number of nitrogens with zero attached hydrogens (tertiary/aromatic N) is 3. The molecular formula is C43H42N4O6. The topological polar surface area (TPSA) is 124 Å². The summed E-state index contributed by atoms with van der Waals surface area (Å²) in [5.41, 5.74) is 3.21. The number of hydrogen-bond acceptors (Lipinski definition) is 9. The van der Waals surface area contributed by atoms with Crippen LogP contribution in [0.15, 0.2) is 121 Å². The maximum absolute atomic E-state index is 12.9. The number of anilines is 1. The summed E-state index contributed by atoms with van der Waals surface area (Å²) in [6.07, 6.45) is 5.03. The van der Waals surface area contributed by atoms with Gasteiger partial charge in [0.1, 0.15) is 35.2 Å². The number of aliphatic imine (C=N–C) groups is 1. The number of carbonyl (C=O) groups excluding carboxylic acids is 1. The molecule has 0 radical (unpaired) electrons. The van der Waals surface area contributed by atoms with Crippen molar-refractivity contribution in [3.8, 4) is 11.5 Å². The Morgan fingerprint density at radius 2 is 1.47 bits per heavy atom. The summed E-state index contributed by atoms with van der Waals surface area (Å²) in [5, 5.41) is 14.4. The zero-order valence-corrected chi connectivity index (χ0v) is 29.7. The van der Waals surface area contributed by atoms with Crippen molar-refractivity contribution in [2.24, 2.45) is 16.8 Å². The second-order valence-corrected chi connectivity index (χ2v) is 13.9. The fourth-order valence-electron chi connectivity index (χ4n) is 8.01. The highest BCUT2D eigenvalue weighted by molar-refractivity contribution is 6.05. The minimum absolute atomic E-state index is 0.107. The van der Waals surface area contributed by atoms with Crippen LogP contribution in [-0.4, -0.2) is 65.8 Å². The third-order valence-corrected chi connectivity index (χ3v) is 10.9. The summed E-state index contributed by atoms with van der Waals surface area (Å²) in [7, 11) is 3.30. The lowest BCUT2D eigenvalue weighted by Gasteiger charge is -2.37. The molecule has 2 N–H and O–H groups in total. The summed E-state index contributed by atoms with van der Waals surface area (Å²) in [4.78, 5) is 26.6. The van der Waals surface area contributed by atoms with E-state index in [1.807, 2.05) is 91.1 Å². The Hall–Kier alpha value is -5.42. The molecule has 1 unspecified atom stereocenters. The van der Waals surface area contributed by atoms with E-state index in [2.05, 4.69) is 27.4 Å². The number of nitrogens with one attached hydrogen (secondary N) is 1. The number of methoxy groups -OCH3 is 2. The normalized spacial score (nSPS) is 23.2. The van der Waals surface area contributed by atoms with Crippen LogP contribution in [0.4, 0.5) is 11.5 Å². The van der Waals surface area contributed by atoms with Crippen molar-refractivity contribution in [3.63, 3.8) is 0 Å². The summed E-state index contributed by atoms with van der Waals surface area (Å²) in [6, 6.07) is 35.0. The van der Waals surface area contributed by atoms with E-state index in [4.69, 9.17) is 23.9 Å². The fraction of sp³-hybridized carbons (Fsp3) is 0.302. The van der Waals surface area contributed by atoms with Crippen LogP contribution in [0.5, 0.6) is 11.5 Å². The molecule has 2 fully saturated rings. The minimum Gasteiger partial charge on any atom is -0.497 e. The molecule has 8 rings (SSSR count). The number of benzene rings is 4. The molecule has 3 heterocycles. The maximum Gasteiger partial charge on any atom is 0.256 e. The van der Waals surface area contributed by atoms with Gasteiger partial charge in [0.25, 0.3) is 5.91 Å². The third kappa shape index (κ3) is 6.70. The molecule has 1 aromatic heterocycles. The molecule has 10 heteroatoms. The van der Waals surface area contributed by atoms with E-state index < -0.39 is 23.4 Å². The molecule has 3 aliphatic rings. The van der Waals surface area contributed by atoms with Gasteiger partial charge in [0.2, 0.25) is 0 Å². The Kier molecular flexibility index (Phi) is 9.51. The standard InChI is InChI=1S/C43H42N4O6/c1-50-33-18-14-31(15-19-33)43(30-11-7-4-8-12-30,32-16-20-34(51-2)21-17-32)52-26-38-37(48)24-42(53-38)23-35(42)29-13-22-36-39(44-25-29)40(46-27-45-36)47-41(49)28-9-5-3-6-10-28/h3-12,14-21,25,27,29,35,37-38,48H,13,22-24,26H2,1-2H3,(H,45,46,47,49)/t29?,35-,37+,38-,42+/m1/s1. The Morgan fingerprint density at radius 3 is 2.11 bits per heavy atom. The van der Waals surface area contributed by atoms with Crippen LogP contribution in [0.25, 0.3) is 0 Å². The number of fused-ring (bicyclic) bond motifs is 1. The number of aryl methyl sites for hydroxylation is 1. The van der Waals surface area contributed by atoms with Gasteiger partial charge in [-0.05, 0) is 78.3 Å². The molecule has 1 spiro atoms. The van der Waals surface area contributed by atoms with Crippen LogP contribution < -0.4 is 14.8 Å². The van der Waals surface area contributed by atoms with Crippen molar-refractivity contribution in [1.29, 1.82) is 0 Å². The molecule has 0 bridgehead atoms. The van der Waals surface area contributed by atoms with Gasteiger partial charge in [-0.25, -0.2) is 9.97 Å². The lowest BCUT2D eigenvalue weighted by atomic mass is 9.80. The Bertz CT molecular complexity index is 2030. The number of rotatable bonds is 11. The Balaban J connectivity index is 1.02. The van der Waals surface area contributed by atoms with Crippen LogP contribution in [0, 0.1) is 11.8 Å². The lowest BCUT2D eigenvalue weighted by molar-refractivity contribution is -0.0902. The first-order chi connectivity index (χ1) is 25.9. The van der Waals surface area contributed by atoms with Crippen molar-refractivity contribution in [2.45, 2.75) is 49.1 Å². The van der Waals surface area contributed by atoms with Crippen LogP contribution in [-0.2, 0) is 21.5 Å². The SMILES string of the molecule is COc1ccc(C(OC[C@H]2O[C@@]3(C[C@@H]3C3C=Nc4c(ncnc4NC(=O)c4ccccc4)CC3)C[C@@H]2O)(c2ccccc2)c2ccc(OC)cc2)cc1. The number of aliphatic hydroxyl groups is 1. The quantitative estimate of drug-likeness (QED) is 0.142. The van der Waals surface area contributed by atoms with Crippen LogP contribution in [0.2, 0.25) is 0 Å². The summed E-state index contributed by atoms with van der Waals surface area (Å²) in [5.74, 6) is 1.92. The largest absolute Gasteiger partial charge is 0.497 e. The molecule has 53 heavy (non-hydrogen) atoms. The van der Waals surface area contributed by atoms with Gasteiger partial charge in [0.15, 0.2) is 5.82 Å². The monoisotopic (exact) mass is 710 g/mol. The van der Waals surface area contributed by atoms with Gasteiger partial charge in [0, 0.05) is 24.1 Å². The summed E-state index contributed by atoms with van der Waals surface area (Å²) < 4.78 is 24.9. The molecule has 1 aliphatic carbocycles. The van der Waals surface area contributed by atoms with Gasteiger partial charge >= 0.3 is 0 Å². The van der Waals surface area contributed by atoms with E-state index in [1.165, 1.54) is 6.33 Å². The fourth-order valence-corrected chi connectivity index (χ4v) is 8.01. The van der Waals surface area contributed by atoms with Gasteiger partial charge in [0.05, 0.1) is 38.2 Å². The highest BCUT2D eigenvalue weighted by atomic mass is 16.6. The second-order valence-electron chi connectivity index (χ2n) is 13.9. The molecule has 270 valence electrons. The summed E-state index contributed by atoms with van der Waals surface area (Å²) in [6.45, 7) is 0.160. The van der Waals surface area contributed by atoms with Crippen molar-refractivity contribution in [2.75, 3.05) is 26.1 Å². The van der Waals surface area contributed by atoms with Gasteiger partial charge < -0.3 is 29.4 Å². The van der Waals surface area contributed by atoms with Gasteiger partial charge in [-0.3, -0.25) is 9.79 Å². The average Bonchev–Trinajstić information content (AvgIpc) is 3.87. The molecule has 4 aromatic carbocycles. The molecule has 2 aliphatic heterocycles. The molecule has 5 aromatic rings. The summed E-state index contributed by atoms with van der Waals surface area (Å²) >= 11 is 0. The number of amides is 1. The Labute approximate surface area is 308 Å². The number of ether oxygens (including phenoxy) is 4. The first-order valence-corrected chi connectivity index (χ1v) is 18.0. The molecule has 10 nitrogen and oxygen atoms in total. The highest BCUT2D eigenvalue weighted by Gasteiger charge is 2.64. The zero-order valence-electron chi connectivity index (χ0n) is 29.7. The predicted octanol–water partition coefficient (Wildman–Crippen LogP) is 6.93. The number of hydrogen-bond donors (Lipinski definition) is 2. The van der Waals surface area contributed by atoms with E-state index in [0.29, 0.717) is 29.9 Å². The minimum atomic E-state index is -1.02. The van der Waals surface area contributed by atoms with Gasteiger partial charge in [-0.2, -0.15) is 0 Å². The Morgan fingerprint density at radius 1 is 0.849 bits per heavy atom. The van der Waals surface area contributed by atoms with Crippen LogP contribution in [0.1, 0.15) is 52.0 Å². The molecule has 1 saturated carbocycles. The average molecular weight is 711 g/mol. The molecular weight excluding hydrogens is 668 g/mol. The van der Waals surface area contributed by atoms with Gasteiger partial charge in [-0.15, -0.1) is 0 Å². The smallest absolute Gasteiger partial charge is 0.256 e. The van der Waals surface area contributed by atoms with E-state index in [9.17, 15) is 9.90 Å². The lowest BCUT2D eigenvalue weighted by Crippen LogP contribution is -2.38. The van der Waals surface area contributed by atoms with E-state index >= 15 is 0 Å².